The van der Waals surface area contributed by atoms with Gasteiger partial charge in [-0.15, -0.1) is 0 Å². The van der Waals surface area contributed by atoms with E-state index >= 15 is 0 Å². The van der Waals surface area contributed by atoms with Crippen molar-refractivity contribution in [2.24, 2.45) is 5.41 Å². The van der Waals surface area contributed by atoms with Gasteiger partial charge in [-0.1, -0.05) is 69.3 Å². The highest BCUT2D eigenvalue weighted by Gasteiger charge is 2.21. The third-order valence-electron chi connectivity index (χ3n) is 3.98. The van der Waals surface area contributed by atoms with Crippen LogP contribution in [0.1, 0.15) is 26.3 Å². The average Bonchev–Trinajstić information content (AvgIpc) is 3.04. The zero-order valence-electron chi connectivity index (χ0n) is 14.9. The van der Waals surface area contributed by atoms with Crippen LogP contribution in [0, 0.1) is 5.41 Å². The molecule has 0 atom stereocenters. The first-order valence-electron chi connectivity index (χ1n) is 8.43. The van der Waals surface area contributed by atoms with Gasteiger partial charge in [0.1, 0.15) is 0 Å². The Bertz CT molecular complexity index is 846. The fourth-order valence-corrected chi connectivity index (χ4v) is 2.53. The van der Waals surface area contributed by atoms with Crippen molar-refractivity contribution in [3.05, 3.63) is 72.4 Å². The topological polar surface area (TPSA) is 46.9 Å². The van der Waals surface area contributed by atoms with Crippen molar-refractivity contribution in [1.82, 2.24) is 15.1 Å². The number of para-hydroxylation sites is 1. The molecule has 2 aromatic carbocycles. The zero-order valence-corrected chi connectivity index (χ0v) is 14.9. The maximum Gasteiger partial charge on any atom is 0.225 e. The number of benzene rings is 2. The maximum absolute atomic E-state index is 12.2. The summed E-state index contributed by atoms with van der Waals surface area (Å²) in [6, 6.07) is 20.0. The van der Waals surface area contributed by atoms with Crippen molar-refractivity contribution in [1.29, 1.82) is 0 Å². The second-order valence-electron chi connectivity index (χ2n) is 7.08. The molecule has 3 aromatic rings. The van der Waals surface area contributed by atoms with Gasteiger partial charge >= 0.3 is 0 Å². The molecule has 0 unspecified atom stereocenters. The third kappa shape index (κ3) is 3.97. The Hall–Kier alpha value is -2.88. The van der Waals surface area contributed by atoms with Gasteiger partial charge in [0, 0.05) is 29.3 Å². The molecule has 0 spiro atoms. The van der Waals surface area contributed by atoms with E-state index in [9.17, 15) is 4.79 Å². The number of nitrogens with one attached hydrogen (secondary N) is 1. The van der Waals surface area contributed by atoms with E-state index in [2.05, 4.69) is 5.32 Å². The lowest BCUT2D eigenvalue weighted by Gasteiger charge is -2.17. The number of hydrogen-bond acceptors (Lipinski definition) is 2. The highest BCUT2D eigenvalue weighted by molar-refractivity contribution is 5.81. The zero-order chi connectivity index (χ0) is 17.9. The largest absolute Gasteiger partial charge is 0.351 e. The van der Waals surface area contributed by atoms with Crippen LogP contribution in [0.3, 0.4) is 0 Å². The fourth-order valence-electron chi connectivity index (χ4n) is 2.53. The summed E-state index contributed by atoms with van der Waals surface area (Å²) >= 11 is 0. The van der Waals surface area contributed by atoms with E-state index < -0.39 is 5.41 Å². The summed E-state index contributed by atoms with van der Waals surface area (Å²) in [6.45, 7) is 6.18. The van der Waals surface area contributed by atoms with Gasteiger partial charge in [0.2, 0.25) is 5.91 Å². The van der Waals surface area contributed by atoms with Crippen LogP contribution in [0.5, 0.6) is 0 Å². The van der Waals surface area contributed by atoms with Crippen molar-refractivity contribution in [3.8, 4) is 16.9 Å². The lowest BCUT2D eigenvalue weighted by Crippen LogP contribution is -2.34. The van der Waals surface area contributed by atoms with Gasteiger partial charge in [-0.25, -0.2) is 4.68 Å². The standard InChI is InChI=1S/C21H23N3O/c1-21(2,3)20(25)22-14-17-15-24(18-12-8-5-9-13-18)23-19(17)16-10-6-4-7-11-16/h4-13,15H,14H2,1-3H3,(H,22,25). The predicted octanol–water partition coefficient (Wildman–Crippen LogP) is 4.20. The van der Waals surface area contributed by atoms with E-state index in [1.165, 1.54) is 0 Å². The number of aromatic nitrogens is 2. The molecule has 0 aliphatic rings. The average molecular weight is 333 g/mol. The smallest absolute Gasteiger partial charge is 0.225 e. The monoisotopic (exact) mass is 333 g/mol. The first-order valence-corrected chi connectivity index (χ1v) is 8.43. The predicted molar refractivity (Wildman–Crippen MR) is 100 cm³/mol. The van der Waals surface area contributed by atoms with Crippen molar-refractivity contribution in [2.75, 3.05) is 0 Å². The number of rotatable bonds is 4. The summed E-state index contributed by atoms with van der Waals surface area (Å²) in [5.41, 5.74) is 3.50. The lowest BCUT2D eigenvalue weighted by atomic mass is 9.95. The fraction of sp³-hybridized carbons (Fsp3) is 0.238. The van der Waals surface area contributed by atoms with Crippen LogP contribution in [-0.2, 0) is 11.3 Å². The molecule has 4 nitrogen and oxygen atoms in total. The second kappa shape index (κ2) is 6.93. The summed E-state index contributed by atoms with van der Waals surface area (Å²) in [4.78, 5) is 12.2. The van der Waals surface area contributed by atoms with Crippen LogP contribution in [0.4, 0.5) is 0 Å². The van der Waals surface area contributed by atoms with Crippen LogP contribution < -0.4 is 5.32 Å². The van der Waals surface area contributed by atoms with Crippen LogP contribution in [0.2, 0.25) is 0 Å². The first-order chi connectivity index (χ1) is 11.9. The Kier molecular flexibility index (Phi) is 4.70. The van der Waals surface area contributed by atoms with Gasteiger partial charge in [0.25, 0.3) is 0 Å². The summed E-state index contributed by atoms with van der Waals surface area (Å²) in [6.07, 6.45) is 1.99. The molecule has 0 radical (unpaired) electrons. The van der Waals surface area contributed by atoms with E-state index in [4.69, 9.17) is 5.10 Å². The van der Waals surface area contributed by atoms with Gasteiger partial charge in [-0.05, 0) is 12.1 Å². The molecule has 3 rings (SSSR count). The molecule has 1 heterocycles. The number of amides is 1. The number of hydrogen-bond donors (Lipinski definition) is 1. The molecule has 0 aliphatic carbocycles. The third-order valence-corrected chi connectivity index (χ3v) is 3.98. The van der Waals surface area contributed by atoms with Gasteiger partial charge < -0.3 is 5.32 Å². The molecule has 0 aliphatic heterocycles. The molecular formula is C21H23N3O. The minimum Gasteiger partial charge on any atom is -0.351 e. The normalized spacial score (nSPS) is 11.3. The first kappa shape index (κ1) is 17.0. The van der Waals surface area contributed by atoms with Crippen molar-refractivity contribution in [3.63, 3.8) is 0 Å². The molecular weight excluding hydrogens is 310 g/mol. The van der Waals surface area contributed by atoms with Crippen LogP contribution in [0.15, 0.2) is 66.9 Å². The summed E-state index contributed by atoms with van der Waals surface area (Å²) < 4.78 is 1.86. The molecule has 128 valence electrons. The summed E-state index contributed by atoms with van der Waals surface area (Å²) in [7, 11) is 0. The quantitative estimate of drug-likeness (QED) is 0.778. The molecule has 1 amide bonds. The Morgan fingerprint density at radius 3 is 2.20 bits per heavy atom. The van der Waals surface area contributed by atoms with E-state index in [0.29, 0.717) is 6.54 Å². The Morgan fingerprint density at radius 2 is 1.60 bits per heavy atom. The number of carbonyl (C=O) groups is 1. The van der Waals surface area contributed by atoms with Crippen molar-refractivity contribution in [2.45, 2.75) is 27.3 Å². The molecule has 0 fully saturated rings. The van der Waals surface area contributed by atoms with Crippen LogP contribution >= 0.6 is 0 Å². The van der Waals surface area contributed by atoms with Crippen LogP contribution in [-0.4, -0.2) is 15.7 Å². The lowest BCUT2D eigenvalue weighted by molar-refractivity contribution is -0.128. The Labute approximate surface area is 148 Å². The van der Waals surface area contributed by atoms with Crippen LogP contribution in [0.25, 0.3) is 16.9 Å². The minimum absolute atomic E-state index is 0.0268. The van der Waals surface area contributed by atoms with Gasteiger partial charge in [0.05, 0.1) is 11.4 Å². The highest BCUT2D eigenvalue weighted by Crippen LogP contribution is 2.24. The van der Waals surface area contributed by atoms with Gasteiger partial charge in [0.15, 0.2) is 0 Å². The summed E-state index contributed by atoms with van der Waals surface area (Å²) in [5.74, 6) is 0.0268. The van der Waals surface area contributed by atoms with E-state index in [0.717, 1.165) is 22.5 Å². The second-order valence-corrected chi connectivity index (χ2v) is 7.08. The molecule has 1 aromatic heterocycles. The van der Waals surface area contributed by atoms with E-state index in [1.807, 2.05) is 92.3 Å². The molecule has 1 N–H and O–H groups in total. The maximum atomic E-state index is 12.2. The number of carbonyl (C=O) groups excluding carboxylic acids is 1. The summed E-state index contributed by atoms with van der Waals surface area (Å²) in [5, 5.41) is 7.78. The number of nitrogens with zero attached hydrogens (tertiary/aromatic N) is 2. The van der Waals surface area contributed by atoms with Crippen molar-refractivity contribution < 1.29 is 4.79 Å². The molecule has 25 heavy (non-hydrogen) atoms. The Morgan fingerprint density at radius 1 is 1.00 bits per heavy atom. The molecule has 0 saturated carbocycles. The van der Waals surface area contributed by atoms with E-state index in [1.54, 1.807) is 0 Å². The molecule has 4 heteroatoms. The Balaban J connectivity index is 1.95. The minimum atomic E-state index is -0.414. The molecule has 0 saturated heterocycles. The highest BCUT2D eigenvalue weighted by atomic mass is 16.2. The molecule has 0 bridgehead atoms. The van der Waals surface area contributed by atoms with E-state index in [-0.39, 0.29) is 5.91 Å². The van der Waals surface area contributed by atoms with Crippen molar-refractivity contribution >= 4 is 5.91 Å². The SMILES string of the molecule is CC(C)(C)C(=O)NCc1cn(-c2ccccc2)nc1-c1ccccc1. The van der Waals surface area contributed by atoms with Gasteiger partial charge in [-0.2, -0.15) is 5.10 Å². The van der Waals surface area contributed by atoms with Gasteiger partial charge in [-0.3, -0.25) is 4.79 Å².